The lowest BCUT2D eigenvalue weighted by molar-refractivity contribution is -0.544. The van der Waals surface area contributed by atoms with E-state index in [1.165, 1.54) is 0 Å². The molecule has 0 atom stereocenters. The molecule has 1 saturated heterocycles. The second-order valence-corrected chi connectivity index (χ2v) is 7.04. The van der Waals surface area contributed by atoms with Crippen molar-refractivity contribution in [2.45, 2.75) is 91.0 Å². The van der Waals surface area contributed by atoms with E-state index in [2.05, 4.69) is 0 Å². The fourth-order valence-corrected chi connectivity index (χ4v) is 1.41. The van der Waals surface area contributed by atoms with Gasteiger partial charge in [0.1, 0.15) is 0 Å². The van der Waals surface area contributed by atoms with Crippen LogP contribution in [0.2, 0.25) is 0 Å². The van der Waals surface area contributed by atoms with Gasteiger partial charge in [-0.15, -0.1) is 0 Å². The van der Waals surface area contributed by atoms with Crippen LogP contribution in [0, 0.1) is 0 Å². The van der Waals surface area contributed by atoms with Gasteiger partial charge in [0.2, 0.25) is 12.1 Å². The molecule has 0 aromatic rings. The van der Waals surface area contributed by atoms with E-state index in [1.54, 1.807) is 0 Å². The van der Waals surface area contributed by atoms with Crippen LogP contribution in [-0.4, -0.2) is 23.3 Å². The van der Waals surface area contributed by atoms with Crippen LogP contribution in [0.3, 0.4) is 0 Å². The van der Waals surface area contributed by atoms with E-state index in [9.17, 15) is 0 Å². The fraction of sp³-hybridized carbons (Fsp3) is 1.00. The van der Waals surface area contributed by atoms with E-state index in [-0.39, 0.29) is 6.29 Å². The summed E-state index contributed by atoms with van der Waals surface area (Å²) in [6.45, 7) is 13.4. The maximum atomic E-state index is 5.57. The van der Waals surface area contributed by atoms with Gasteiger partial charge in [-0.25, -0.2) is 9.78 Å². The molecule has 0 aromatic heterocycles. The minimum absolute atomic E-state index is 0.339. The maximum absolute atomic E-state index is 5.57. The van der Waals surface area contributed by atoms with Gasteiger partial charge < -0.3 is 0 Å². The molecule has 0 aromatic carbocycles. The lowest BCUT2D eigenvalue weighted by atomic mass is 10.1. The van der Waals surface area contributed by atoms with Crippen molar-refractivity contribution in [2.75, 3.05) is 0 Å². The average molecular weight is 292 g/mol. The lowest BCUT2D eigenvalue weighted by Crippen LogP contribution is -2.42. The first-order valence-corrected chi connectivity index (χ1v) is 7.11. The van der Waals surface area contributed by atoms with Crippen LogP contribution in [0.1, 0.15) is 67.7 Å². The second kappa shape index (κ2) is 6.68. The summed E-state index contributed by atoms with van der Waals surface area (Å²) in [5.41, 5.74) is -0.898. The van der Waals surface area contributed by atoms with Crippen molar-refractivity contribution in [1.82, 2.24) is 0 Å². The number of rotatable bonds is 8. The molecule has 0 aliphatic carbocycles. The zero-order chi connectivity index (χ0) is 15.4. The monoisotopic (exact) mass is 292 g/mol. The van der Waals surface area contributed by atoms with E-state index in [0.29, 0.717) is 12.8 Å². The van der Waals surface area contributed by atoms with Crippen molar-refractivity contribution in [1.29, 1.82) is 0 Å². The molecule has 20 heavy (non-hydrogen) atoms. The van der Waals surface area contributed by atoms with Crippen molar-refractivity contribution in [3.05, 3.63) is 0 Å². The van der Waals surface area contributed by atoms with Crippen molar-refractivity contribution in [3.8, 4) is 0 Å². The topological polar surface area (TPSA) is 62.0 Å². The first kappa shape index (κ1) is 17.8. The summed E-state index contributed by atoms with van der Waals surface area (Å²) >= 11 is 0. The van der Waals surface area contributed by atoms with Crippen LogP contribution in [0.4, 0.5) is 0 Å². The van der Waals surface area contributed by atoms with Gasteiger partial charge in [-0.3, -0.25) is 0 Å². The summed E-state index contributed by atoms with van der Waals surface area (Å²) < 4.78 is 0. The highest BCUT2D eigenvalue weighted by molar-refractivity contribution is 4.72. The Morgan fingerprint density at radius 2 is 1.25 bits per heavy atom. The molecule has 0 bridgehead atoms. The molecule has 0 amide bonds. The molecule has 1 rings (SSSR count). The summed E-state index contributed by atoms with van der Waals surface area (Å²) in [4.78, 5) is 31.6. The average Bonchev–Trinajstić information content (AvgIpc) is 3.06. The standard InChI is InChI=1S/C14H28O6/c1-8-9-14(10-11-15-16-11,19-17-12(2,3)4)20-18-13(5,6)7/h11H,8-10H2,1-7H3. The molecular weight excluding hydrogens is 264 g/mol. The zero-order valence-corrected chi connectivity index (χ0v) is 13.6. The van der Waals surface area contributed by atoms with Gasteiger partial charge in [0.05, 0.1) is 17.6 Å². The highest BCUT2D eigenvalue weighted by Gasteiger charge is 2.45. The minimum atomic E-state index is -1.05. The smallest absolute Gasteiger partial charge is 0.228 e. The van der Waals surface area contributed by atoms with Crippen LogP contribution in [0.5, 0.6) is 0 Å². The molecule has 1 aliphatic heterocycles. The third-order valence-electron chi connectivity index (χ3n) is 2.23. The number of hydrogen-bond donors (Lipinski definition) is 0. The summed E-state index contributed by atoms with van der Waals surface area (Å²) in [7, 11) is 0. The van der Waals surface area contributed by atoms with E-state index < -0.39 is 17.0 Å². The van der Waals surface area contributed by atoms with Gasteiger partial charge in [0.15, 0.2) is 0 Å². The van der Waals surface area contributed by atoms with Gasteiger partial charge in [0.25, 0.3) is 0 Å². The normalized spacial score (nSPS) is 17.6. The van der Waals surface area contributed by atoms with Crippen molar-refractivity contribution >= 4 is 0 Å². The quantitative estimate of drug-likeness (QED) is 0.294. The molecular formula is C14H28O6. The Balaban J connectivity index is 2.70. The highest BCUT2D eigenvalue weighted by Crippen LogP contribution is 2.34. The van der Waals surface area contributed by atoms with Crippen LogP contribution < -0.4 is 0 Å². The first-order chi connectivity index (χ1) is 9.05. The molecule has 1 heterocycles. The van der Waals surface area contributed by atoms with Gasteiger partial charge in [-0.05, 0) is 41.5 Å². The summed E-state index contributed by atoms with van der Waals surface area (Å²) in [6.07, 6.45) is 1.48. The van der Waals surface area contributed by atoms with Crippen LogP contribution in [0.25, 0.3) is 0 Å². The molecule has 6 nitrogen and oxygen atoms in total. The lowest BCUT2D eigenvalue weighted by Gasteiger charge is -2.34. The van der Waals surface area contributed by atoms with Crippen molar-refractivity contribution in [3.63, 3.8) is 0 Å². The largest absolute Gasteiger partial charge is 0.239 e. The third kappa shape index (κ3) is 7.52. The zero-order valence-electron chi connectivity index (χ0n) is 13.6. The van der Waals surface area contributed by atoms with E-state index >= 15 is 0 Å². The van der Waals surface area contributed by atoms with Gasteiger partial charge >= 0.3 is 0 Å². The molecule has 0 N–H and O–H groups in total. The summed E-state index contributed by atoms with van der Waals surface area (Å²) in [5.74, 6) is -1.05. The van der Waals surface area contributed by atoms with Gasteiger partial charge in [-0.1, -0.05) is 13.3 Å². The van der Waals surface area contributed by atoms with Gasteiger partial charge in [0, 0.05) is 6.42 Å². The molecule has 1 fully saturated rings. The molecule has 0 spiro atoms. The summed E-state index contributed by atoms with van der Waals surface area (Å²) in [5, 5.41) is 0. The second-order valence-electron chi connectivity index (χ2n) is 7.04. The first-order valence-electron chi connectivity index (χ1n) is 7.11. The predicted molar refractivity (Wildman–Crippen MR) is 72.1 cm³/mol. The Labute approximate surface area is 121 Å². The molecule has 0 saturated carbocycles. The van der Waals surface area contributed by atoms with E-state index in [0.717, 1.165) is 6.42 Å². The van der Waals surface area contributed by atoms with Crippen molar-refractivity contribution in [2.24, 2.45) is 0 Å². The molecule has 120 valence electrons. The van der Waals surface area contributed by atoms with Crippen LogP contribution in [-0.2, 0) is 29.3 Å². The van der Waals surface area contributed by atoms with E-state index in [4.69, 9.17) is 29.3 Å². The SMILES string of the molecule is CCCC(CC1OO1)(OOC(C)(C)C)OOC(C)(C)C. The predicted octanol–water partition coefficient (Wildman–Crippen LogP) is 3.65. The number of hydrogen-bond acceptors (Lipinski definition) is 6. The molecule has 0 unspecified atom stereocenters. The Kier molecular flexibility index (Phi) is 5.95. The fourth-order valence-electron chi connectivity index (χ4n) is 1.41. The Morgan fingerprint density at radius 1 is 0.800 bits per heavy atom. The molecule has 0 radical (unpaired) electrons. The maximum Gasteiger partial charge on any atom is 0.239 e. The highest BCUT2D eigenvalue weighted by atomic mass is 17.4. The van der Waals surface area contributed by atoms with Crippen molar-refractivity contribution < 1.29 is 29.3 Å². The Hall–Kier alpha value is -0.240. The van der Waals surface area contributed by atoms with Gasteiger partial charge in [-0.2, -0.15) is 19.6 Å². The summed E-state index contributed by atoms with van der Waals surface area (Å²) in [6, 6.07) is 0. The third-order valence-corrected chi connectivity index (χ3v) is 2.23. The molecule has 1 aliphatic rings. The van der Waals surface area contributed by atoms with Crippen LogP contribution in [0.15, 0.2) is 0 Å². The van der Waals surface area contributed by atoms with E-state index in [1.807, 2.05) is 48.5 Å². The Bertz CT molecular complexity index is 269. The minimum Gasteiger partial charge on any atom is -0.228 e. The molecule has 6 heteroatoms. The van der Waals surface area contributed by atoms with Crippen LogP contribution >= 0.6 is 0 Å². The Morgan fingerprint density at radius 3 is 1.55 bits per heavy atom.